The number of sulfonamides is 1. The maximum atomic E-state index is 12.8. The van der Waals surface area contributed by atoms with Crippen LogP contribution in [0.2, 0.25) is 5.02 Å². The van der Waals surface area contributed by atoms with Crippen LogP contribution in [0, 0.1) is 0 Å². The number of anilines is 1. The van der Waals surface area contributed by atoms with Crippen molar-refractivity contribution in [2.24, 2.45) is 0 Å². The van der Waals surface area contributed by atoms with Gasteiger partial charge in [0.15, 0.2) is 11.5 Å². The lowest BCUT2D eigenvalue weighted by atomic mass is 10.0. The van der Waals surface area contributed by atoms with Gasteiger partial charge >= 0.3 is 0 Å². The fraction of sp³-hybridized carbons (Fsp3) is 0.350. The van der Waals surface area contributed by atoms with Crippen LogP contribution < -0.4 is 19.1 Å². The summed E-state index contributed by atoms with van der Waals surface area (Å²) in [6, 6.07) is 9.70. The van der Waals surface area contributed by atoms with Gasteiger partial charge in [0.2, 0.25) is 10.0 Å². The summed E-state index contributed by atoms with van der Waals surface area (Å²) < 4.78 is 35.0. The van der Waals surface area contributed by atoms with Gasteiger partial charge in [0.05, 0.1) is 42.8 Å². The predicted molar refractivity (Wildman–Crippen MR) is 115 cm³/mol. The monoisotopic (exact) mass is 440 g/mol. The summed E-state index contributed by atoms with van der Waals surface area (Å²) in [6.45, 7) is 1.95. The van der Waals surface area contributed by atoms with Crippen LogP contribution >= 0.6 is 11.6 Å². The zero-order chi connectivity index (χ0) is 21.8. The lowest BCUT2D eigenvalue weighted by Crippen LogP contribution is -2.29. The molecule has 1 atom stereocenters. The first-order valence-corrected chi connectivity index (χ1v) is 11.1. The molecule has 7 nitrogen and oxygen atoms in total. The molecule has 0 radical (unpaired) electrons. The number of nitrogens with zero attached hydrogens (tertiary/aromatic N) is 1. The van der Waals surface area contributed by atoms with Crippen molar-refractivity contribution in [3.8, 4) is 11.5 Å². The van der Waals surface area contributed by atoms with Gasteiger partial charge in [0.25, 0.3) is 5.91 Å². The normalized spacial score (nSPS) is 12.2. The number of hydrogen-bond acceptors (Lipinski definition) is 5. The molecule has 2 aromatic rings. The van der Waals surface area contributed by atoms with Crippen molar-refractivity contribution < 1.29 is 22.7 Å². The van der Waals surface area contributed by atoms with Crippen LogP contribution in [0.25, 0.3) is 0 Å². The zero-order valence-corrected chi connectivity index (χ0v) is 18.6. The van der Waals surface area contributed by atoms with E-state index in [-0.39, 0.29) is 22.5 Å². The number of halogens is 1. The number of rotatable bonds is 8. The van der Waals surface area contributed by atoms with Gasteiger partial charge in [-0.05, 0) is 42.3 Å². The summed E-state index contributed by atoms with van der Waals surface area (Å²) >= 11 is 6.26. The molecule has 0 aliphatic rings. The molecule has 0 saturated carbocycles. The van der Waals surface area contributed by atoms with E-state index in [4.69, 9.17) is 21.1 Å². The summed E-state index contributed by atoms with van der Waals surface area (Å²) in [5, 5.41) is 3.12. The van der Waals surface area contributed by atoms with E-state index < -0.39 is 10.0 Å². The van der Waals surface area contributed by atoms with E-state index in [1.165, 1.54) is 19.2 Å². The fourth-order valence-electron chi connectivity index (χ4n) is 2.80. The number of amides is 1. The van der Waals surface area contributed by atoms with Gasteiger partial charge in [-0.3, -0.25) is 9.10 Å². The third-order valence-electron chi connectivity index (χ3n) is 4.58. The van der Waals surface area contributed by atoms with Crippen molar-refractivity contribution in [2.45, 2.75) is 19.4 Å². The van der Waals surface area contributed by atoms with Crippen LogP contribution in [-0.4, -0.2) is 41.8 Å². The molecule has 9 heteroatoms. The summed E-state index contributed by atoms with van der Waals surface area (Å²) in [6.07, 6.45) is 1.74. The highest BCUT2D eigenvalue weighted by molar-refractivity contribution is 7.92. The van der Waals surface area contributed by atoms with Gasteiger partial charge in [0, 0.05) is 7.05 Å². The van der Waals surface area contributed by atoms with E-state index in [9.17, 15) is 13.2 Å². The standard InChI is InChI=1S/C20H25ClN2O5S/c1-6-17(13-7-10-18(27-3)19(11-13)28-4)22-20(24)15-9-8-14(12-16(15)21)23(2)29(5,25)26/h7-12,17H,6H2,1-5H3,(H,22,24)/t17-/m1/s1. The van der Waals surface area contributed by atoms with Crippen molar-refractivity contribution in [3.63, 3.8) is 0 Å². The molecule has 1 amide bonds. The molecule has 0 heterocycles. The first-order chi connectivity index (χ1) is 13.6. The molecule has 1 N–H and O–H groups in total. The Kier molecular flexibility index (Phi) is 7.37. The van der Waals surface area contributed by atoms with Gasteiger partial charge in [-0.1, -0.05) is 24.6 Å². The van der Waals surface area contributed by atoms with Gasteiger partial charge in [-0.2, -0.15) is 0 Å². The van der Waals surface area contributed by atoms with Gasteiger partial charge < -0.3 is 14.8 Å². The Hall–Kier alpha value is -2.45. The molecule has 29 heavy (non-hydrogen) atoms. The second-order valence-corrected chi connectivity index (χ2v) is 8.86. The number of benzene rings is 2. The van der Waals surface area contributed by atoms with Gasteiger partial charge in [-0.25, -0.2) is 8.42 Å². The van der Waals surface area contributed by atoms with Crippen molar-refractivity contribution in [3.05, 3.63) is 52.5 Å². The van der Waals surface area contributed by atoms with Crippen LogP contribution in [0.4, 0.5) is 5.69 Å². The maximum absolute atomic E-state index is 12.8. The second kappa shape index (κ2) is 9.37. The molecule has 2 rings (SSSR count). The molecule has 0 unspecified atom stereocenters. The Bertz CT molecular complexity index is 994. The molecule has 0 aromatic heterocycles. The van der Waals surface area contributed by atoms with Crippen molar-refractivity contribution in [1.29, 1.82) is 0 Å². The minimum atomic E-state index is -3.43. The van der Waals surface area contributed by atoms with E-state index in [0.29, 0.717) is 23.6 Å². The summed E-state index contributed by atoms with van der Waals surface area (Å²) in [7, 11) is 1.11. The molecule has 0 saturated heterocycles. The summed E-state index contributed by atoms with van der Waals surface area (Å²) in [5.74, 6) is 0.820. The lowest BCUT2D eigenvalue weighted by Gasteiger charge is -2.20. The molecule has 0 bridgehead atoms. The summed E-state index contributed by atoms with van der Waals surface area (Å²) in [4.78, 5) is 12.8. The van der Waals surface area contributed by atoms with Crippen LogP contribution in [0.5, 0.6) is 11.5 Å². The number of hydrogen-bond donors (Lipinski definition) is 1. The van der Waals surface area contributed by atoms with Crippen LogP contribution in [0.3, 0.4) is 0 Å². The van der Waals surface area contributed by atoms with Crippen LogP contribution in [-0.2, 0) is 10.0 Å². The Morgan fingerprint density at radius 2 is 1.79 bits per heavy atom. The van der Waals surface area contributed by atoms with Gasteiger partial charge in [0.1, 0.15) is 0 Å². The van der Waals surface area contributed by atoms with E-state index in [2.05, 4.69) is 5.32 Å². The smallest absolute Gasteiger partial charge is 0.253 e. The third-order valence-corrected chi connectivity index (χ3v) is 6.10. The highest BCUT2D eigenvalue weighted by Crippen LogP contribution is 2.31. The maximum Gasteiger partial charge on any atom is 0.253 e. The van der Waals surface area contributed by atoms with Crippen molar-refractivity contribution in [2.75, 3.05) is 31.8 Å². The van der Waals surface area contributed by atoms with E-state index in [1.807, 2.05) is 19.1 Å². The summed E-state index contributed by atoms with van der Waals surface area (Å²) in [5.41, 5.74) is 1.50. The second-order valence-electron chi connectivity index (χ2n) is 6.44. The average Bonchev–Trinajstić information content (AvgIpc) is 2.69. The van der Waals surface area contributed by atoms with E-state index in [0.717, 1.165) is 16.1 Å². The molecular formula is C20H25ClN2O5S. The SMILES string of the molecule is CC[C@@H](NC(=O)c1ccc(N(C)S(C)(=O)=O)cc1Cl)c1ccc(OC)c(OC)c1. The molecule has 158 valence electrons. The van der Waals surface area contributed by atoms with Crippen LogP contribution in [0.1, 0.15) is 35.3 Å². The van der Waals surface area contributed by atoms with Crippen LogP contribution in [0.15, 0.2) is 36.4 Å². The van der Waals surface area contributed by atoms with E-state index >= 15 is 0 Å². The lowest BCUT2D eigenvalue weighted by molar-refractivity contribution is 0.0935. The molecule has 0 spiro atoms. The van der Waals surface area contributed by atoms with E-state index in [1.54, 1.807) is 26.4 Å². The number of nitrogens with one attached hydrogen (secondary N) is 1. The first kappa shape index (κ1) is 22.8. The molecular weight excluding hydrogens is 416 g/mol. The predicted octanol–water partition coefficient (Wildman–Crippen LogP) is 3.63. The van der Waals surface area contributed by atoms with Gasteiger partial charge in [-0.15, -0.1) is 0 Å². The molecule has 0 aliphatic carbocycles. The van der Waals surface area contributed by atoms with Crippen molar-refractivity contribution >= 4 is 33.2 Å². The minimum absolute atomic E-state index is 0.165. The number of carbonyl (C=O) groups excluding carboxylic acids is 1. The Balaban J connectivity index is 2.26. The number of ether oxygens (including phenoxy) is 2. The minimum Gasteiger partial charge on any atom is -0.493 e. The average molecular weight is 441 g/mol. The van der Waals surface area contributed by atoms with Crippen molar-refractivity contribution in [1.82, 2.24) is 5.32 Å². The molecule has 0 fully saturated rings. The number of methoxy groups -OCH3 is 2. The Morgan fingerprint density at radius 1 is 1.14 bits per heavy atom. The topological polar surface area (TPSA) is 84.9 Å². The third kappa shape index (κ3) is 5.33. The number of carbonyl (C=O) groups is 1. The Labute approximate surface area is 176 Å². The quantitative estimate of drug-likeness (QED) is 0.677. The fourth-order valence-corrected chi connectivity index (χ4v) is 3.56. The highest BCUT2D eigenvalue weighted by atomic mass is 35.5. The first-order valence-electron chi connectivity index (χ1n) is 8.88. The highest BCUT2D eigenvalue weighted by Gasteiger charge is 2.20. The Morgan fingerprint density at radius 3 is 2.31 bits per heavy atom. The molecule has 2 aromatic carbocycles. The zero-order valence-electron chi connectivity index (χ0n) is 17.0. The molecule has 0 aliphatic heterocycles. The largest absolute Gasteiger partial charge is 0.493 e.